The number of ether oxygens (including phenoxy) is 3. The average Bonchev–Trinajstić information content (AvgIpc) is 3.01. The molecule has 0 amide bonds. The Kier molecular flexibility index (Phi) is 8.66. The molecule has 16 nitrogen and oxygen atoms in total. The molecule has 0 aliphatic rings. The number of carbonyl (C=O) groups excluding carboxylic acids is 4. The van der Waals surface area contributed by atoms with Gasteiger partial charge in [-0.1, -0.05) is 6.92 Å². The number of carbonyl (C=O) groups is 4. The van der Waals surface area contributed by atoms with E-state index in [1.54, 1.807) is 0 Å². The van der Waals surface area contributed by atoms with Crippen molar-refractivity contribution >= 4 is 23.7 Å². The Bertz CT molecular complexity index is 1900. The lowest BCUT2D eigenvalue weighted by Crippen LogP contribution is -2.13. The van der Waals surface area contributed by atoms with Crippen molar-refractivity contribution in [2.75, 3.05) is 0 Å². The van der Waals surface area contributed by atoms with Crippen molar-refractivity contribution in [3.8, 4) is 69.0 Å². The van der Waals surface area contributed by atoms with Crippen LogP contribution in [0.15, 0.2) is 48.5 Å². The number of rotatable bonds is 8. The third-order valence-corrected chi connectivity index (χ3v) is 6.19. The molecule has 0 saturated carbocycles. The molecule has 0 bridgehead atoms. The minimum Gasteiger partial charge on any atom is -0.504 e. The molecule has 0 aliphatic carbocycles. The first kappa shape index (κ1) is 32.1. The van der Waals surface area contributed by atoms with Crippen LogP contribution in [-0.4, -0.2) is 69.6 Å². The van der Waals surface area contributed by atoms with Crippen molar-refractivity contribution in [2.24, 2.45) is 0 Å². The van der Waals surface area contributed by atoms with Gasteiger partial charge in [0.05, 0.1) is 16.7 Å². The van der Waals surface area contributed by atoms with E-state index in [-0.39, 0.29) is 12.0 Å². The Morgan fingerprint density at radius 1 is 0.435 bits per heavy atom. The number of ketones is 1. The molecular weight excluding hydrogens is 616 g/mol. The highest BCUT2D eigenvalue weighted by atomic mass is 16.6. The average molecular weight is 638 g/mol. The van der Waals surface area contributed by atoms with Crippen LogP contribution in [-0.2, 0) is 0 Å². The van der Waals surface area contributed by atoms with E-state index in [0.717, 1.165) is 18.2 Å². The monoisotopic (exact) mass is 638 g/mol. The first-order valence-corrected chi connectivity index (χ1v) is 12.7. The molecule has 0 atom stereocenters. The van der Waals surface area contributed by atoms with Crippen LogP contribution in [0.3, 0.4) is 0 Å². The van der Waals surface area contributed by atoms with Crippen LogP contribution in [0.5, 0.6) is 69.0 Å². The first-order valence-electron chi connectivity index (χ1n) is 12.7. The Hall–Kier alpha value is -6.84. The zero-order valence-electron chi connectivity index (χ0n) is 23.2. The topological polar surface area (TPSA) is 278 Å². The van der Waals surface area contributed by atoms with E-state index in [1.165, 1.54) is 6.92 Å². The molecule has 0 aromatic heterocycles. The highest BCUT2D eigenvalue weighted by Gasteiger charge is 2.25. The second-order valence-corrected chi connectivity index (χ2v) is 9.33. The number of benzene rings is 4. The summed E-state index contributed by atoms with van der Waals surface area (Å²) < 4.78 is 15.0. The summed E-state index contributed by atoms with van der Waals surface area (Å²) in [7, 11) is 0. The predicted octanol–water partition coefficient (Wildman–Crippen LogP) is 3.29. The van der Waals surface area contributed by atoms with Crippen LogP contribution in [0.25, 0.3) is 0 Å². The van der Waals surface area contributed by atoms with E-state index in [1.807, 2.05) is 0 Å². The third-order valence-electron chi connectivity index (χ3n) is 6.19. The quantitative estimate of drug-likeness (QED) is 0.0579. The van der Waals surface area contributed by atoms with Gasteiger partial charge in [-0.15, -0.1) is 0 Å². The summed E-state index contributed by atoms with van der Waals surface area (Å²) in [4.78, 5) is 50.3. The molecule has 0 unspecified atom stereocenters. The van der Waals surface area contributed by atoms with Crippen LogP contribution in [0, 0.1) is 0 Å². The maximum Gasteiger partial charge on any atom is 0.343 e. The summed E-state index contributed by atoms with van der Waals surface area (Å²) in [6, 6.07) is 6.18. The molecule has 238 valence electrons. The molecule has 4 aromatic carbocycles. The van der Waals surface area contributed by atoms with Gasteiger partial charge in [0.15, 0.2) is 57.5 Å². The van der Waals surface area contributed by atoms with Gasteiger partial charge >= 0.3 is 17.9 Å². The van der Waals surface area contributed by atoms with Crippen LogP contribution < -0.4 is 14.2 Å². The highest BCUT2D eigenvalue weighted by molar-refractivity contribution is 5.99. The van der Waals surface area contributed by atoms with Gasteiger partial charge in [-0.25, -0.2) is 14.4 Å². The van der Waals surface area contributed by atoms with Crippen LogP contribution in [0.2, 0.25) is 0 Å². The number of Topliss-reactive ketones (excluding diaryl/α,β-unsaturated/α-hetero) is 1. The summed E-state index contributed by atoms with van der Waals surface area (Å²) in [6.07, 6.45) is 0.0222. The van der Waals surface area contributed by atoms with Gasteiger partial charge in [0, 0.05) is 12.0 Å². The SMILES string of the molecule is CCC(=O)c1cc(O)c(O)c(OC(=O)c2cc(O)c(O)c(OC(=O)c3cc(O)c(O)c(OC(=O)c4cc(O)c(O)c(O)c4)c3)c2)c1. The van der Waals surface area contributed by atoms with Gasteiger partial charge in [0.25, 0.3) is 0 Å². The smallest absolute Gasteiger partial charge is 0.343 e. The zero-order chi connectivity index (χ0) is 34.0. The molecule has 9 N–H and O–H groups in total. The summed E-state index contributed by atoms with van der Waals surface area (Å²) in [5.41, 5.74) is -1.78. The fourth-order valence-electron chi connectivity index (χ4n) is 3.81. The van der Waals surface area contributed by atoms with Crippen LogP contribution in [0.1, 0.15) is 54.8 Å². The number of phenols is 9. The van der Waals surface area contributed by atoms with Crippen LogP contribution in [0.4, 0.5) is 0 Å². The maximum atomic E-state index is 12.9. The molecule has 0 fully saturated rings. The Labute approximate surface area is 256 Å². The Balaban J connectivity index is 1.60. The van der Waals surface area contributed by atoms with Crippen molar-refractivity contribution in [2.45, 2.75) is 13.3 Å². The van der Waals surface area contributed by atoms with E-state index >= 15 is 0 Å². The van der Waals surface area contributed by atoms with Gasteiger partial charge < -0.3 is 60.2 Å². The lowest BCUT2D eigenvalue weighted by atomic mass is 10.1. The van der Waals surface area contributed by atoms with Gasteiger partial charge in [-0.2, -0.15) is 0 Å². The minimum absolute atomic E-state index is 0.0222. The van der Waals surface area contributed by atoms with Crippen molar-refractivity contribution < 1.29 is 79.3 Å². The number of phenolic OH excluding ortho intramolecular Hbond substituents is 9. The fraction of sp³-hybridized carbons (Fsp3) is 0.0667. The largest absolute Gasteiger partial charge is 0.504 e. The van der Waals surface area contributed by atoms with E-state index in [9.17, 15) is 65.1 Å². The van der Waals surface area contributed by atoms with E-state index in [4.69, 9.17) is 14.2 Å². The summed E-state index contributed by atoms with van der Waals surface area (Å²) in [5, 5.41) is 89.3. The van der Waals surface area contributed by atoms with Crippen molar-refractivity contribution in [1.82, 2.24) is 0 Å². The molecule has 0 radical (unpaired) electrons. The molecular formula is C30H22O16. The molecule has 0 heterocycles. The molecule has 0 saturated heterocycles. The molecule has 46 heavy (non-hydrogen) atoms. The van der Waals surface area contributed by atoms with Gasteiger partial charge in [0.1, 0.15) is 0 Å². The van der Waals surface area contributed by atoms with Gasteiger partial charge in [-0.3, -0.25) is 4.79 Å². The van der Waals surface area contributed by atoms with E-state index < -0.39 is 109 Å². The number of hydrogen-bond acceptors (Lipinski definition) is 16. The number of hydrogen-bond donors (Lipinski definition) is 9. The summed E-state index contributed by atoms with van der Waals surface area (Å²) >= 11 is 0. The zero-order valence-corrected chi connectivity index (χ0v) is 23.2. The van der Waals surface area contributed by atoms with Gasteiger partial charge in [0.2, 0.25) is 17.2 Å². The van der Waals surface area contributed by atoms with E-state index in [2.05, 4.69) is 0 Å². The first-order chi connectivity index (χ1) is 21.6. The number of esters is 3. The predicted molar refractivity (Wildman–Crippen MR) is 150 cm³/mol. The Morgan fingerprint density at radius 2 is 0.696 bits per heavy atom. The molecule has 0 spiro atoms. The molecule has 4 rings (SSSR count). The van der Waals surface area contributed by atoms with Crippen molar-refractivity contribution in [3.63, 3.8) is 0 Å². The van der Waals surface area contributed by atoms with Crippen molar-refractivity contribution in [3.05, 3.63) is 70.8 Å². The van der Waals surface area contributed by atoms with Crippen molar-refractivity contribution in [1.29, 1.82) is 0 Å². The summed E-state index contributed by atoms with van der Waals surface area (Å²) in [5.74, 6) is -15.2. The lowest BCUT2D eigenvalue weighted by Gasteiger charge is -2.13. The Morgan fingerprint density at radius 3 is 1.02 bits per heavy atom. The van der Waals surface area contributed by atoms with Gasteiger partial charge in [-0.05, 0) is 48.5 Å². The second kappa shape index (κ2) is 12.4. The maximum absolute atomic E-state index is 12.9. The minimum atomic E-state index is -1.40. The number of aromatic hydroxyl groups is 9. The molecule has 16 heteroatoms. The molecule has 0 aliphatic heterocycles. The fourth-order valence-corrected chi connectivity index (χ4v) is 3.81. The molecule has 4 aromatic rings. The normalized spacial score (nSPS) is 10.6. The second-order valence-electron chi connectivity index (χ2n) is 9.33. The summed E-state index contributed by atoms with van der Waals surface area (Å²) in [6.45, 7) is 1.53. The van der Waals surface area contributed by atoms with E-state index in [0.29, 0.717) is 30.3 Å². The standard InChI is InChI=1S/C30H22O16/c1-2-15(31)11-3-18(34)25(38)21(8-11)44-29(42)13-6-20(36)27(40)23(10-13)46-30(43)14-7-19(35)26(39)22(9-14)45-28(41)12-4-16(32)24(37)17(33)5-12/h3-10,32-40H,2H2,1H3. The lowest BCUT2D eigenvalue weighted by molar-refractivity contribution is 0.0703. The van der Waals surface area contributed by atoms with Crippen LogP contribution >= 0.6 is 0 Å². The third kappa shape index (κ3) is 6.40. The highest BCUT2D eigenvalue weighted by Crippen LogP contribution is 2.42.